The Morgan fingerprint density at radius 3 is 2.59 bits per heavy atom. The molecule has 0 atom stereocenters. The number of hydrogen-bond donors (Lipinski definition) is 1. The molecule has 22 heavy (non-hydrogen) atoms. The molecule has 2 aromatic heterocycles. The van der Waals surface area contributed by atoms with E-state index < -0.39 is 0 Å². The van der Waals surface area contributed by atoms with E-state index in [1.54, 1.807) is 11.6 Å². The molecule has 0 unspecified atom stereocenters. The van der Waals surface area contributed by atoms with Gasteiger partial charge >= 0.3 is 0 Å². The zero-order valence-electron chi connectivity index (χ0n) is 12.8. The van der Waals surface area contributed by atoms with E-state index in [9.17, 15) is 5.11 Å². The van der Waals surface area contributed by atoms with Gasteiger partial charge in [0.15, 0.2) is 0 Å². The zero-order chi connectivity index (χ0) is 15.7. The molecule has 0 saturated heterocycles. The van der Waals surface area contributed by atoms with Gasteiger partial charge in [-0.1, -0.05) is 23.5 Å². The van der Waals surface area contributed by atoms with Gasteiger partial charge in [0.05, 0.1) is 24.6 Å². The largest absolute Gasteiger partial charge is 0.390 e. The maximum absolute atomic E-state index is 9.71. The van der Waals surface area contributed by atoms with Crippen molar-refractivity contribution in [3.8, 4) is 11.3 Å². The lowest BCUT2D eigenvalue weighted by molar-refractivity contribution is 0.183. The van der Waals surface area contributed by atoms with Crippen LogP contribution in [0.15, 0.2) is 24.3 Å². The number of aromatic nitrogens is 3. The topological polar surface area (TPSA) is 62.9 Å². The van der Waals surface area contributed by atoms with Crippen molar-refractivity contribution in [2.24, 2.45) is 0 Å². The van der Waals surface area contributed by atoms with Crippen molar-refractivity contribution in [1.82, 2.24) is 14.6 Å². The van der Waals surface area contributed by atoms with Crippen LogP contribution in [-0.4, -0.2) is 40.9 Å². The number of benzene rings is 1. The SMILES string of the molecule is COCc1nn2c(CO)c(-c3ccc(N(C)C)cc3)nc2s1. The molecule has 0 radical (unpaired) electrons. The van der Waals surface area contributed by atoms with Gasteiger partial charge in [0.2, 0.25) is 4.96 Å². The molecular weight excluding hydrogens is 300 g/mol. The molecule has 0 fully saturated rings. The molecule has 116 valence electrons. The maximum Gasteiger partial charge on any atom is 0.213 e. The number of fused-ring (bicyclic) bond motifs is 1. The molecule has 1 N–H and O–H groups in total. The predicted molar refractivity (Wildman–Crippen MR) is 87.3 cm³/mol. The Morgan fingerprint density at radius 1 is 1.27 bits per heavy atom. The van der Waals surface area contributed by atoms with Crippen molar-refractivity contribution in [3.63, 3.8) is 0 Å². The number of ether oxygens (including phenoxy) is 1. The highest BCUT2D eigenvalue weighted by molar-refractivity contribution is 7.16. The summed E-state index contributed by atoms with van der Waals surface area (Å²) >= 11 is 1.47. The van der Waals surface area contributed by atoms with Crippen LogP contribution in [0.25, 0.3) is 16.2 Å². The first-order chi connectivity index (χ1) is 10.6. The van der Waals surface area contributed by atoms with E-state index in [0.717, 1.165) is 26.9 Å². The Hall–Kier alpha value is -1.96. The van der Waals surface area contributed by atoms with Gasteiger partial charge < -0.3 is 14.7 Å². The molecule has 0 aliphatic rings. The van der Waals surface area contributed by atoms with Crippen molar-refractivity contribution >= 4 is 22.0 Å². The van der Waals surface area contributed by atoms with Crippen LogP contribution in [0.1, 0.15) is 10.7 Å². The smallest absolute Gasteiger partial charge is 0.213 e. The van der Waals surface area contributed by atoms with Gasteiger partial charge in [0.1, 0.15) is 5.01 Å². The van der Waals surface area contributed by atoms with Gasteiger partial charge in [-0.15, -0.1) is 0 Å². The number of rotatable bonds is 5. The third-order valence-corrected chi connectivity index (χ3v) is 4.29. The Morgan fingerprint density at radius 2 is 2.00 bits per heavy atom. The zero-order valence-corrected chi connectivity index (χ0v) is 13.6. The normalized spacial score (nSPS) is 11.3. The van der Waals surface area contributed by atoms with Crippen molar-refractivity contribution in [2.75, 3.05) is 26.1 Å². The highest BCUT2D eigenvalue weighted by Gasteiger charge is 2.17. The van der Waals surface area contributed by atoms with Crippen LogP contribution in [0.5, 0.6) is 0 Å². The Balaban J connectivity index is 2.04. The number of aliphatic hydroxyl groups is 1. The minimum Gasteiger partial charge on any atom is -0.390 e. The lowest BCUT2D eigenvalue weighted by atomic mass is 10.1. The third-order valence-electron chi connectivity index (χ3n) is 3.41. The second kappa shape index (κ2) is 6.04. The van der Waals surface area contributed by atoms with Gasteiger partial charge in [-0.25, -0.2) is 9.50 Å². The minimum absolute atomic E-state index is 0.109. The van der Waals surface area contributed by atoms with E-state index in [0.29, 0.717) is 12.3 Å². The fourth-order valence-electron chi connectivity index (χ4n) is 2.30. The van der Waals surface area contributed by atoms with E-state index in [2.05, 4.69) is 10.1 Å². The molecule has 0 bridgehead atoms. The third kappa shape index (κ3) is 2.58. The summed E-state index contributed by atoms with van der Waals surface area (Å²) < 4.78 is 6.79. The molecule has 6 nitrogen and oxygen atoms in total. The van der Waals surface area contributed by atoms with Gasteiger partial charge in [-0.2, -0.15) is 5.10 Å². The predicted octanol–water partition coefficient (Wildman–Crippen LogP) is 2.16. The average molecular weight is 318 g/mol. The first-order valence-electron chi connectivity index (χ1n) is 6.89. The van der Waals surface area contributed by atoms with Gasteiger partial charge in [0, 0.05) is 32.5 Å². The maximum atomic E-state index is 9.71. The van der Waals surface area contributed by atoms with Crippen LogP contribution in [-0.2, 0) is 18.0 Å². The van der Waals surface area contributed by atoms with Crippen molar-refractivity contribution < 1.29 is 9.84 Å². The van der Waals surface area contributed by atoms with Crippen molar-refractivity contribution in [3.05, 3.63) is 35.0 Å². The van der Waals surface area contributed by atoms with Crippen LogP contribution in [0.3, 0.4) is 0 Å². The monoisotopic (exact) mass is 318 g/mol. The second-order valence-electron chi connectivity index (χ2n) is 5.13. The highest BCUT2D eigenvalue weighted by atomic mass is 32.1. The lowest BCUT2D eigenvalue weighted by Crippen LogP contribution is -2.08. The van der Waals surface area contributed by atoms with Crippen LogP contribution in [0, 0.1) is 0 Å². The summed E-state index contributed by atoms with van der Waals surface area (Å²) in [6.07, 6.45) is 0. The molecule has 1 aromatic carbocycles. The summed E-state index contributed by atoms with van der Waals surface area (Å²) in [4.78, 5) is 7.43. The number of methoxy groups -OCH3 is 1. The Bertz CT molecular complexity index is 777. The van der Waals surface area contributed by atoms with Gasteiger partial charge in [-0.3, -0.25) is 0 Å². The summed E-state index contributed by atoms with van der Waals surface area (Å²) in [5, 5.41) is 15.0. The number of aliphatic hydroxyl groups excluding tert-OH is 1. The number of imidazole rings is 1. The average Bonchev–Trinajstić information content (AvgIpc) is 3.04. The van der Waals surface area contributed by atoms with E-state index in [1.165, 1.54) is 11.3 Å². The molecular formula is C15H18N4O2S. The molecule has 2 heterocycles. The molecule has 0 aliphatic heterocycles. The quantitative estimate of drug-likeness (QED) is 0.781. The molecule has 3 rings (SSSR count). The molecule has 0 saturated carbocycles. The first-order valence-corrected chi connectivity index (χ1v) is 7.70. The van der Waals surface area contributed by atoms with E-state index >= 15 is 0 Å². The van der Waals surface area contributed by atoms with Crippen LogP contribution in [0.2, 0.25) is 0 Å². The molecule has 0 spiro atoms. The molecule has 7 heteroatoms. The van der Waals surface area contributed by atoms with Gasteiger partial charge in [0.25, 0.3) is 0 Å². The number of hydrogen-bond acceptors (Lipinski definition) is 6. The van der Waals surface area contributed by atoms with Crippen LogP contribution >= 0.6 is 11.3 Å². The summed E-state index contributed by atoms with van der Waals surface area (Å²) in [5.74, 6) is 0. The summed E-state index contributed by atoms with van der Waals surface area (Å²) in [6, 6.07) is 8.09. The van der Waals surface area contributed by atoms with E-state index in [-0.39, 0.29) is 6.61 Å². The van der Waals surface area contributed by atoms with E-state index in [4.69, 9.17) is 4.74 Å². The van der Waals surface area contributed by atoms with Crippen molar-refractivity contribution in [2.45, 2.75) is 13.2 Å². The standard InChI is InChI=1S/C15H18N4O2S/c1-18(2)11-6-4-10(5-7-11)14-12(8-20)19-15(16-14)22-13(17-19)9-21-3/h4-7,20H,8-9H2,1-3H3. The molecule has 3 aromatic rings. The van der Waals surface area contributed by atoms with E-state index in [1.807, 2.05) is 43.3 Å². The Labute approximate surface area is 132 Å². The number of nitrogens with zero attached hydrogens (tertiary/aromatic N) is 4. The minimum atomic E-state index is -0.109. The summed E-state index contributed by atoms with van der Waals surface area (Å²) in [5.41, 5.74) is 3.57. The Kier molecular flexibility index (Phi) is 4.10. The van der Waals surface area contributed by atoms with Gasteiger partial charge in [-0.05, 0) is 12.1 Å². The number of anilines is 1. The highest BCUT2D eigenvalue weighted by Crippen LogP contribution is 2.28. The lowest BCUT2D eigenvalue weighted by Gasteiger charge is -2.12. The second-order valence-corrected chi connectivity index (χ2v) is 6.17. The van der Waals surface area contributed by atoms with Crippen LogP contribution in [0.4, 0.5) is 5.69 Å². The summed E-state index contributed by atoms with van der Waals surface area (Å²) in [7, 11) is 5.64. The molecule has 0 amide bonds. The fourth-order valence-corrected chi connectivity index (χ4v) is 3.19. The fraction of sp³-hybridized carbons (Fsp3) is 0.333. The summed E-state index contributed by atoms with van der Waals surface area (Å²) in [6.45, 7) is 0.341. The van der Waals surface area contributed by atoms with Crippen LogP contribution < -0.4 is 4.90 Å². The first kappa shape index (κ1) is 15.0. The molecule has 0 aliphatic carbocycles. The van der Waals surface area contributed by atoms with Crippen molar-refractivity contribution in [1.29, 1.82) is 0 Å².